The predicted molar refractivity (Wildman–Crippen MR) is 96.1 cm³/mol. The van der Waals surface area contributed by atoms with E-state index in [2.05, 4.69) is 22.1 Å². The Morgan fingerprint density at radius 1 is 1.20 bits per heavy atom. The number of carbonyl (C=O) groups excluding carboxylic acids is 1. The highest BCUT2D eigenvalue weighted by Gasteiger charge is 2.20. The van der Waals surface area contributed by atoms with Crippen molar-refractivity contribution in [2.75, 3.05) is 13.1 Å². The van der Waals surface area contributed by atoms with E-state index < -0.39 is 0 Å². The first-order valence-corrected chi connectivity index (χ1v) is 8.83. The highest BCUT2D eigenvalue weighted by Crippen LogP contribution is 2.17. The highest BCUT2D eigenvalue weighted by atomic mass is 16.2. The lowest BCUT2D eigenvalue weighted by Crippen LogP contribution is -2.38. The molecular formula is C19H24N4O2. The molecule has 6 heteroatoms. The van der Waals surface area contributed by atoms with E-state index in [-0.39, 0.29) is 11.5 Å². The van der Waals surface area contributed by atoms with E-state index in [0.717, 1.165) is 37.1 Å². The van der Waals surface area contributed by atoms with Gasteiger partial charge in [0.1, 0.15) is 5.69 Å². The topological polar surface area (TPSA) is 79.0 Å². The second kappa shape index (κ2) is 7.59. The zero-order valence-corrected chi connectivity index (χ0v) is 14.8. The molecule has 1 aliphatic rings. The Hall–Kier alpha value is -2.50. The molecule has 0 saturated carbocycles. The number of hydrogen-bond acceptors (Lipinski definition) is 4. The average molecular weight is 340 g/mol. The second-order valence-corrected chi connectivity index (χ2v) is 6.88. The van der Waals surface area contributed by atoms with E-state index in [1.165, 1.54) is 0 Å². The van der Waals surface area contributed by atoms with Gasteiger partial charge in [0.15, 0.2) is 5.82 Å². The van der Waals surface area contributed by atoms with Gasteiger partial charge in [-0.1, -0.05) is 36.8 Å². The lowest BCUT2D eigenvalue weighted by molar-refractivity contribution is -0.132. The molecule has 0 atom stereocenters. The number of amides is 1. The Morgan fingerprint density at radius 2 is 1.88 bits per heavy atom. The number of nitrogens with one attached hydrogen (secondary N) is 1. The summed E-state index contributed by atoms with van der Waals surface area (Å²) >= 11 is 0. The minimum atomic E-state index is -0.273. The lowest BCUT2D eigenvalue weighted by atomic mass is 9.99. The first kappa shape index (κ1) is 17.3. The third-order valence-corrected chi connectivity index (χ3v) is 4.80. The van der Waals surface area contributed by atoms with Gasteiger partial charge in [0, 0.05) is 31.5 Å². The first-order chi connectivity index (χ1) is 12.0. The predicted octanol–water partition coefficient (Wildman–Crippen LogP) is 2.33. The van der Waals surface area contributed by atoms with Crippen LogP contribution in [0.15, 0.2) is 29.1 Å². The molecule has 1 amide bonds. The summed E-state index contributed by atoms with van der Waals surface area (Å²) in [7, 11) is 0. The van der Waals surface area contributed by atoms with Crippen LogP contribution in [0.4, 0.5) is 0 Å². The van der Waals surface area contributed by atoms with E-state index in [1.807, 2.05) is 36.1 Å². The maximum absolute atomic E-state index is 12.3. The molecule has 3 rings (SSSR count). The Kier molecular flexibility index (Phi) is 5.26. The number of hydrogen-bond donors (Lipinski definition) is 1. The molecule has 132 valence electrons. The number of benzene rings is 1. The maximum Gasteiger partial charge on any atom is 0.273 e. The van der Waals surface area contributed by atoms with Crippen LogP contribution in [0, 0.1) is 12.8 Å². The van der Waals surface area contributed by atoms with Crippen LogP contribution in [0.5, 0.6) is 0 Å². The van der Waals surface area contributed by atoms with Crippen LogP contribution in [-0.2, 0) is 11.2 Å². The third kappa shape index (κ3) is 4.32. The van der Waals surface area contributed by atoms with Gasteiger partial charge in [-0.25, -0.2) is 0 Å². The number of rotatable bonds is 4. The molecule has 0 aliphatic carbocycles. The number of nitrogens with zero attached hydrogens (tertiary/aromatic N) is 3. The summed E-state index contributed by atoms with van der Waals surface area (Å²) < 4.78 is 0. The van der Waals surface area contributed by atoms with Crippen LogP contribution in [0.3, 0.4) is 0 Å². The normalized spacial score (nSPS) is 15.4. The Morgan fingerprint density at radius 3 is 2.52 bits per heavy atom. The lowest BCUT2D eigenvalue weighted by Gasteiger charge is -2.30. The molecule has 1 fully saturated rings. The van der Waals surface area contributed by atoms with Gasteiger partial charge < -0.3 is 9.88 Å². The monoisotopic (exact) mass is 340 g/mol. The molecule has 1 aromatic heterocycles. The minimum Gasteiger partial charge on any atom is -0.343 e. The molecule has 0 radical (unpaired) electrons. The summed E-state index contributed by atoms with van der Waals surface area (Å²) in [4.78, 5) is 29.2. The molecule has 0 bridgehead atoms. The van der Waals surface area contributed by atoms with Crippen molar-refractivity contribution in [2.45, 2.75) is 39.5 Å². The standard InChI is InChI=1S/C19H24N4O2/c1-13-3-5-15(6-4-13)18-20-19(25)16(21-22-18)7-8-17(24)23-11-9-14(2)10-12-23/h3-6,14H,7-12H2,1-2H3,(H,20,22,25). The molecule has 2 heterocycles. The van der Waals surface area contributed by atoms with Gasteiger partial charge in [0.05, 0.1) is 0 Å². The van der Waals surface area contributed by atoms with Crippen molar-refractivity contribution >= 4 is 5.91 Å². The zero-order chi connectivity index (χ0) is 17.8. The molecular weight excluding hydrogens is 316 g/mol. The summed E-state index contributed by atoms with van der Waals surface area (Å²) in [6, 6.07) is 7.72. The molecule has 2 aromatic rings. The summed E-state index contributed by atoms with van der Waals surface area (Å²) in [5.74, 6) is 1.23. The molecule has 1 N–H and O–H groups in total. The van der Waals surface area contributed by atoms with E-state index in [0.29, 0.717) is 30.3 Å². The van der Waals surface area contributed by atoms with Crippen molar-refractivity contribution in [2.24, 2.45) is 5.92 Å². The quantitative estimate of drug-likeness (QED) is 0.926. The minimum absolute atomic E-state index is 0.0933. The highest BCUT2D eigenvalue weighted by molar-refractivity contribution is 5.76. The van der Waals surface area contributed by atoms with Crippen molar-refractivity contribution in [3.63, 3.8) is 0 Å². The van der Waals surface area contributed by atoms with Crippen LogP contribution < -0.4 is 5.56 Å². The molecule has 0 unspecified atom stereocenters. The fourth-order valence-electron chi connectivity index (χ4n) is 3.01. The SMILES string of the molecule is Cc1ccc(-c2nnc(CCC(=O)N3CCC(C)CC3)c(=O)[nH]2)cc1. The van der Waals surface area contributed by atoms with Crippen LogP contribution in [0.2, 0.25) is 0 Å². The second-order valence-electron chi connectivity index (χ2n) is 6.88. The van der Waals surface area contributed by atoms with Crippen molar-refractivity contribution in [1.29, 1.82) is 0 Å². The fraction of sp³-hybridized carbons (Fsp3) is 0.474. The zero-order valence-electron chi connectivity index (χ0n) is 14.8. The van der Waals surface area contributed by atoms with Gasteiger partial charge in [-0.3, -0.25) is 9.59 Å². The number of aromatic amines is 1. The Bertz CT molecular complexity index is 790. The van der Waals surface area contributed by atoms with Crippen LogP contribution in [-0.4, -0.2) is 39.1 Å². The number of H-pyrrole nitrogens is 1. The third-order valence-electron chi connectivity index (χ3n) is 4.80. The molecule has 1 aromatic carbocycles. The molecule has 6 nitrogen and oxygen atoms in total. The largest absolute Gasteiger partial charge is 0.343 e. The number of piperidine rings is 1. The van der Waals surface area contributed by atoms with Gasteiger partial charge in [-0.2, -0.15) is 0 Å². The van der Waals surface area contributed by atoms with E-state index in [1.54, 1.807) is 0 Å². The molecule has 0 spiro atoms. The first-order valence-electron chi connectivity index (χ1n) is 8.83. The maximum atomic E-state index is 12.3. The van der Waals surface area contributed by atoms with Gasteiger partial charge in [0.2, 0.25) is 5.91 Å². The van der Waals surface area contributed by atoms with E-state index in [4.69, 9.17) is 0 Å². The van der Waals surface area contributed by atoms with Crippen molar-refractivity contribution in [3.05, 3.63) is 45.9 Å². The van der Waals surface area contributed by atoms with Crippen LogP contribution in [0.1, 0.15) is 37.4 Å². The summed E-state index contributed by atoms with van der Waals surface area (Å²) in [5, 5.41) is 8.15. The summed E-state index contributed by atoms with van der Waals surface area (Å²) in [5.41, 5.74) is 2.00. The van der Waals surface area contributed by atoms with Gasteiger partial charge in [0.25, 0.3) is 5.56 Å². The van der Waals surface area contributed by atoms with Gasteiger partial charge >= 0.3 is 0 Å². The molecule has 25 heavy (non-hydrogen) atoms. The number of likely N-dealkylation sites (tertiary alicyclic amines) is 1. The van der Waals surface area contributed by atoms with Crippen LogP contribution >= 0.6 is 0 Å². The number of aromatic nitrogens is 3. The molecule has 1 saturated heterocycles. The van der Waals surface area contributed by atoms with E-state index >= 15 is 0 Å². The van der Waals surface area contributed by atoms with Crippen molar-refractivity contribution < 1.29 is 4.79 Å². The van der Waals surface area contributed by atoms with Crippen LogP contribution in [0.25, 0.3) is 11.4 Å². The summed E-state index contributed by atoms with van der Waals surface area (Å²) in [6.45, 7) is 5.84. The summed E-state index contributed by atoms with van der Waals surface area (Å²) in [6.07, 6.45) is 2.73. The van der Waals surface area contributed by atoms with Crippen molar-refractivity contribution in [1.82, 2.24) is 20.1 Å². The Labute approximate surface area is 147 Å². The van der Waals surface area contributed by atoms with Gasteiger partial charge in [-0.15, -0.1) is 10.2 Å². The van der Waals surface area contributed by atoms with E-state index in [9.17, 15) is 9.59 Å². The number of aryl methyl sites for hydroxylation is 2. The average Bonchev–Trinajstić information content (AvgIpc) is 2.61. The van der Waals surface area contributed by atoms with Crippen molar-refractivity contribution in [3.8, 4) is 11.4 Å². The van der Waals surface area contributed by atoms with Gasteiger partial charge in [-0.05, 0) is 25.7 Å². The fourth-order valence-corrected chi connectivity index (χ4v) is 3.01. The Balaban J connectivity index is 1.62. The smallest absolute Gasteiger partial charge is 0.273 e. The molecule has 1 aliphatic heterocycles. The number of carbonyl (C=O) groups is 1.